The van der Waals surface area contributed by atoms with Crippen molar-refractivity contribution in [1.82, 2.24) is 9.62 Å². The van der Waals surface area contributed by atoms with Gasteiger partial charge in [0.1, 0.15) is 0 Å². The number of nitrogens with zero attached hydrogens (tertiary/aromatic N) is 2. The van der Waals surface area contributed by atoms with E-state index in [1.807, 2.05) is 30.3 Å². The quantitative estimate of drug-likeness (QED) is 0.530. The molecule has 27 heavy (non-hydrogen) atoms. The molecule has 0 unspecified atom stereocenters. The molecule has 0 fully saturated rings. The van der Waals surface area contributed by atoms with Crippen LogP contribution in [0.5, 0.6) is 0 Å². The molecule has 0 saturated heterocycles. The Kier molecular flexibility index (Phi) is 6.89. The fourth-order valence-corrected chi connectivity index (χ4v) is 3.72. The van der Waals surface area contributed by atoms with E-state index >= 15 is 0 Å². The van der Waals surface area contributed by atoms with E-state index in [0.29, 0.717) is 6.54 Å². The van der Waals surface area contributed by atoms with Crippen molar-refractivity contribution in [2.24, 2.45) is 0 Å². The van der Waals surface area contributed by atoms with Gasteiger partial charge in [0.2, 0.25) is 15.9 Å². The Hall–Kier alpha value is -2.49. The Morgan fingerprint density at radius 2 is 1.89 bits per heavy atom. The van der Waals surface area contributed by atoms with E-state index in [0.717, 1.165) is 17.7 Å². The normalized spacial score (nSPS) is 11.2. The zero-order valence-corrected chi connectivity index (χ0v) is 16.0. The average Bonchev–Trinajstić information content (AvgIpc) is 2.61. The molecule has 0 bridgehead atoms. The van der Waals surface area contributed by atoms with Crippen molar-refractivity contribution in [3.63, 3.8) is 0 Å². The summed E-state index contributed by atoms with van der Waals surface area (Å²) in [7, 11) is -2.54. The second kappa shape index (κ2) is 8.94. The first-order valence-corrected chi connectivity index (χ1v) is 9.78. The van der Waals surface area contributed by atoms with Crippen LogP contribution in [-0.2, 0) is 21.4 Å². The molecule has 2 aromatic rings. The van der Waals surface area contributed by atoms with Crippen LogP contribution in [0.2, 0.25) is 5.02 Å². The number of carbonyl (C=O) groups is 1. The molecule has 0 aromatic heterocycles. The molecule has 0 radical (unpaired) electrons. The lowest BCUT2D eigenvalue weighted by Crippen LogP contribution is -2.32. The van der Waals surface area contributed by atoms with Gasteiger partial charge < -0.3 is 4.90 Å². The Morgan fingerprint density at radius 1 is 1.22 bits per heavy atom. The third-order valence-electron chi connectivity index (χ3n) is 3.73. The maximum atomic E-state index is 12.3. The summed E-state index contributed by atoms with van der Waals surface area (Å²) in [6.07, 6.45) is -0.0794. The molecule has 2 rings (SSSR count). The van der Waals surface area contributed by atoms with Gasteiger partial charge in [0.25, 0.3) is 5.69 Å². The summed E-state index contributed by atoms with van der Waals surface area (Å²) in [6.45, 7) is 0.217. The largest absolute Gasteiger partial charge is 0.341 e. The van der Waals surface area contributed by atoms with Gasteiger partial charge in [0, 0.05) is 37.6 Å². The van der Waals surface area contributed by atoms with Gasteiger partial charge in [-0.1, -0.05) is 41.9 Å². The SMILES string of the molecule is CN(Cc1ccccc1)C(=O)CCNS(=O)(=O)c1ccc(Cl)cc1[N+](=O)[O-]. The van der Waals surface area contributed by atoms with Gasteiger partial charge in [-0.05, 0) is 17.7 Å². The van der Waals surface area contributed by atoms with Crippen LogP contribution < -0.4 is 4.72 Å². The second-order valence-electron chi connectivity index (χ2n) is 5.75. The molecule has 0 atom stereocenters. The monoisotopic (exact) mass is 411 g/mol. The molecular weight excluding hydrogens is 394 g/mol. The first-order chi connectivity index (χ1) is 12.7. The van der Waals surface area contributed by atoms with Crippen molar-refractivity contribution in [3.05, 3.63) is 69.2 Å². The summed E-state index contributed by atoms with van der Waals surface area (Å²) in [6, 6.07) is 12.6. The molecule has 0 aliphatic heterocycles. The van der Waals surface area contributed by atoms with Gasteiger partial charge in [-0.3, -0.25) is 14.9 Å². The first kappa shape index (κ1) is 20.8. The number of hydrogen-bond donors (Lipinski definition) is 1. The van der Waals surface area contributed by atoms with Crippen LogP contribution >= 0.6 is 11.6 Å². The number of halogens is 1. The minimum absolute atomic E-state index is 0.0540. The molecule has 1 amide bonds. The molecule has 1 N–H and O–H groups in total. The predicted molar refractivity (Wildman–Crippen MR) is 101 cm³/mol. The number of benzene rings is 2. The van der Waals surface area contributed by atoms with Gasteiger partial charge in [-0.15, -0.1) is 0 Å². The van der Waals surface area contributed by atoms with Crippen LogP contribution in [0.3, 0.4) is 0 Å². The third-order valence-corrected chi connectivity index (χ3v) is 5.47. The van der Waals surface area contributed by atoms with Crippen molar-refractivity contribution in [2.75, 3.05) is 13.6 Å². The van der Waals surface area contributed by atoms with Crippen molar-refractivity contribution in [2.45, 2.75) is 17.9 Å². The van der Waals surface area contributed by atoms with E-state index in [1.165, 1.54) is 11.0 Å². The lowest BCUT2D eigenvalue weighted by Gasteiger charge is -2.17. The van der Waals surface area contributed by atoms with Gasteiger partial charge >= 0.3 is 0 Å². The maximum Gasteiger partial charge on any atom is 0.290 e. The van der Waals surface area contributed by atoms with Crippen LogP contribution in [0.4, 0.5) is 5.69 Å². The number of rotatable bonds is 8. The fourth-order valence-electron chi connectivity index (χ4n) is 2.37. The molecule has 0 aliphatic rings. The zero-order chi connectivity index (χ0) is 20.0. The van der Waals surface area contributed by atoms with Crippen molar-refractivity contribution < 1.29 is 18.1 Å². The third kappa shape index (κ3) is 5.75. The highest BCUT2D eigenvalue weighted by Crippen LogP contribution is 2.26. The fraction of sp³-hybridized carbons (Fsp3) is 0.235. The number of nitro benzene ring substituents is 1. The summed E-state index contributed by atoms with van der Waals surface area (Å²) in [5, 5.41) is 11.1. The number of sulfonamides is 1. The minimum atomic E-state index is -4.15. The Labute approximate surface area is 162 Å². The molecule has 0 aliphatic carbocycles. The molecule has 8 nitrogen and oxygen atoms in total. The lowest BCUT2D eigenvalue weighted by atomic mass is 10.2. The van der Waals surface area contributed by atoms with E-state index in [-0.39, 0.29) is 23.9 Å². The standard InChI is InChI=1S/C17H18ClN3O5S/c1-20(12-13-5-3-2-4-6-13)17(22)9-10-19-27(25,26)16-8-7-14(18)11-15(16)21(23)24/h2-8,11,19H,9-10,12H2,1H3. The first-order valence-electron chi connectivity index (χ1n) is 7.92. The number of carbonyl (C=O) groups excluding carboxylic acids is 1. The van der Waals surface area contributed by atoms with E-state index in [2.05, 4.69) is 4.72 Å². The van der Waals surface area contributed by atoms with Gasteiger partial charge in [0.05, 0.1) is 4.92 Å². The number of nitrogens with one attached hydrogen (secondary N) is 1. The van der Waals surface area contributed by atoms with Crippen LogP contribution in [0.25, 0.3) is 0 Å². The van der Waals surface area contributed by atoms with E-state index in [4.69, 9.17) is 11.6 Å². The Balaban J connectivity index is 1.98. The molecule has 10 heteroatoms. The molecular formula is C17H18ClN3O5S. The molecule has 2 aromatic carbocycles. The zero-order valence-electron chi connectivity index (χ0n) is 14.5. The average molecular weight is 412 g/mol. The van der Waals surface area contributed by atoms with Gasteiger partial charge in [-0.2, -0.15) is 0 Å². The van der Waals surface area contributed by atoms with E-state index < -0.39 is 25.5 Å². The van der Waals surface area contributed by atoms with Crippen molar-refractivity contribution >= 4 is 33.2 Å². The van der Waals surface area contributed by atoms with E-state index in [9.17, 15) is 23.3 Å². The predicted octanol–water partition coefficient (Wildman–Crippen LogP) is 2.58. The van der Waals surface area contributed by atoms with Crippen LogP contribution in [-0.4, -0.2) is 37.7 Å². The van der Waals surface area contributed by atoms with Crippen molar-refractivity contribution in [1.29, 1.82) is 0 Å². The summed E-state index contributed by atoms with van der Waals surface area (Å²) >= 11 is 5.69. The highest BCUT2D eigenvalue weighted by Gasteiger charge is 2.26. The highest BCUT2D eigenvalue weighted by molar-refractivity contribution is 7.89. The van der Waals surface area contributed by atoms with Gasteiger partial charge in [0.15, 0.2) is 4.90 Å². The summed E-state index contributed by atoms with van der Waals surface area (Å²) in [5.74, 6) is -0.257. The van der Waals surface area contributed by atoms with Crippen LogP contribution in [0.1, 0.15) is 12.0 Å². The van der Waals surface area contributed by atoms with Crippen LogP contribution in [0, 0.1) is 10.1 Å². The Bertz CT molecular complexity index is 935. The Morgan fingerprint density at radius 3 is 2.52 bits per heavy atom. The minimum Gasteiger partial charge on any atom is -0.341 e. The summed E-state index contributed by atoms with van der Waals surface area (Å²) in [5.41, 5.74) is 0.327. The number of amides is 1. The van der Waals surface area contributed by atoms with Gasteiger partial charge in [-0.25, -0.2) is 13.1 Å². The summed E-state index contributed by atoms with van der Waals surface area (Å²) in [4.78, 5) is 23.4. The second-order valence-corrected chi connectivity index (χ2v) is 7.92. The maximum absolute atomic E-state index is 12.3. The molecule has 0 saturated carbocycles. The van der Waals surface area contributed by atoms with E-state index in [1.54, 1.807) is 7.05 Å². The molecule has 0 heterocycles. The number of nitro groups is 1. The molecule has 0 spiro atoms. The smallest absolute Gasteiger partial charge is 0.290 e. The molecule has 144 valence electrons. The summed E-state index contributed by atoms with van der Waals surface area (Å²) < 4.78 is 26.9. The van der Waals surface area contributed by atoms with Crippen LogP contribution in [0.15, 0.2) is 53.4 Å². The lowest BCUT2D eigenvalue weighted by molar-refractivity contribution is -0.387. The topological polar surface area (TPSA) is 110 Å². The van der Waals surface area contributed by atoms with Crippen molar-refractivity contribution in [3.8, 4) is 0 Å². The number of hydrogen-bond acceptors (Lipinski definition) is 5. The highest BCUT2D eigenvalue weighted by atomic mass is 35.5.